The third-order valence-electron chi connectivity index (χ3n) is 4.00. The van der Waals surface area contributed by atoms with E-state index in [0.29, 0.717) is 5.92 Å². The maximum atomic E-state index is 5.65. The van der Waals surface area contributed by atoms with E-state index in [2.05, 4.69) is 6.07 Å². The molecule has 0 amide bonds. The van der Waals surface area contributed by atoms with Crippen LogP contribution in [0.2, 0.25) is 0 Å². The van der Waals surface area contributed by atoms with Gasteiger partial charge >= 0.3 is 0 Å². The molecule has 2 atom stereocenters. The minimum absolute atomic E-state index is 0.613. The molecule has 0 spiro atoms. The van der Waals surface area contributed by atoms with Gasteiger partial charge in [0.15, 0.2) is 0 Å². The number of rotatable bonds is 5. The molecule has 0 saturated heterocycles. The monoisotopic (exact) mass is 249 g/mol. The fourth-order valence-electron chi connectivity index (χ4n) is 3.01. The zero-order valence-electron chi connectivity index (χ0n) is 11.3. The van der Waals surface area contributed by atoms with Crippen molar-refractivity contribution in [1.29, 1.82) is 0 Å². The standard InChI is InChI=1S/C15H23NO2/c1-17-13-5-6-14(15(10-13)18-2)12-4-3-11(9-12)7-8-16/h5-6,10-12H,3-4,7-9,16H2,1-2H3. The summed E-state index contributed by atoms with van der Waals surface area (Å²) in [5, 5.41) is 0. The second-order valence-corrected chi connectivity index (χ2v) is 5.06. The van der Waals surface area contributed by atoms with Gasteiger partial charge in [0.1, 0.15) is 11.5 Å². The van der Waals surface area contributed by atoms with Crippen molar-refractivity contribution in [1.82, 2.24) is 0 Å². The predicted octanol–water partition coefficient (Wildman–Crippen LogP) is 2.94. The highest BCUT2D eigenvalue weighted by Gasteiger charge is 2.27. The summed E-state index contributed by atoms with van der Waals surface area (Å²) in [6.07, 6.45) is 4.92. The molecule has 1 aliphatic carbocycles. The van der Waals surface area contributed by atoms with Crippen molar-refractivity contribution in [2.24, 2.45) is 11.7 Å². The molecule has 0 aliphatic heterocycles. The van der Waals surface area contributed by atoms with Gasteiger partial charge in [-0.3, -0.25) is 0 Å². The zero-order chi connectivity index (χ0) is 13.0. The second kappa shape index (κ2) is 6.10. The minimum Gasteiger partial charge on any atom is -0.497 e. The van der Waals surface area contributed by atoms with Crippen molar-refractivity contribution in [3.05, 3.63) is 23.8 Å². The Morgan fingerprint density at radius 2 is 2.06 bits per heavy atom. The van der Waals surface area contributed by atoms with E-state index in [0.717, 1.165) is 30.4 Å². The van der Waals surface area contributed by atoms with Crippen LogP contribution < -0.4 is 15.2 Å². The van der Waals surface area contributed by atoms with Gasteiger partial charge in [-0.25, -0.2) is 0 Å². The molecule has 0 aromatic heterocycles. The Hall–Kier alpha value is -1.22. The van der Waals surface area contributed by atoms with Crippen LogP contribution in [0.15, 0.2) is 18.2 Å². The SMILES string of the molecule is COc1ccc(C2CCC(CCN)C2)c(OC)c1. The van der Waals surface area contributed by atoms with Gasteiger partial charge in [0.2, 0.25) is 0 Å². The molecule has 2 unspecified atom stereocenters. The second-order valence-electron chi connectivity index (χ2n) is 5.06. The van der Waals surface area contributed by atoms with Gasteiger partial charge in [0, 0.05) is 6.07 Å². The van der Waals surface area contributed by atoms with Gasteiger partial charge in [-0.15, -0.1) is 0 Å². The van der Waals surface area contributed by atoms with E-state index >= 15 is 0 Å². The molecule has 18 heavy (non-hydrogen) atoms. The lowest BCUT2D eigenvalue weighted by Gasteiger charge is -2.16. The zero-order valence-corrected chi connectivity index (χ0v) is 11.3. The summed E-state index contributed by atoms with van der Waals surface area (Å²) in [6.45, 7) is 0.803. The Balaban J connectivity index is 2.13. The number of benzene rings is 1. The van der Waals surface area contributed by atoms with Crippen LogP contribution >= 0.6 is 0 Å². The first-order chi connectivity index (χ1) is 8.78. The summed E-state index contributed by atoms with van der Waals surface area (Å²) < 4.78 is 10.7. The van der Waals surface area contributed by atoms with Crippen LogP contribution in [0.1, 0.15) is 37.2 Å². The van der Waals surface area contributed by atoms with Gasteiger partial charge in [-0.1, -0.05) is 6.07 Å². The highest BCUT2D eigenvalue weighted by atomic mass is 16.5. The number of ether oxygens (including phenoxy) is 2. The average molecular weight is 249 g/mol. The molecule has 1 saturated carbocycles. The first-order valence-electron chi connectivity index (χ1n) is 6.70. The van der Waals surface area contributed by atoms with E-state index in [1.54, 1.807) is 14.2 Å². The van der Waals surface area contributed by atoms with Gasteiger partial charge < -0.3 is 15.2 Å². The summed E-state index contributed by atoms with van der Waals surface area (Å²) in [6, 6.07) is 6.15. The van der Waals surface area contributed by atoms with Gasteiger partial charge in [-0.05, 0) is 55.7 Å². The summed E-state index contributed by atoms with van der Waals surface area (Å²) in [5.74, 6) is 3.20. The quantitative estimate of drug-likeness (QED) is 0.872. The van der Waals surface area contributed by atoms with Gasteiger partial charge in [0.25, 0.3) is 0 Å². The molecule has 1 fully saturated rings. The van der Waals surface area contributed by atoms with Crippen molar-refractivity contribution in [3.63, 3.8) is 0 Å². The third kappa shape index (κ3) is 2.78. The van der Waals surface area contributed by atoms with Crippen LogP contribution in [0.4, 0.5) is 0 Å². The molecule has 3 heteroatoms. The summed E-state index contributed by atoms with van der Waals surface area (Å²) in [5.41, 5.74) is 6.96. The van der Waals surface area contributed by atoms with Crippen LogP contribution in [0, 0.1) is 5.92 Å². The molecule has 2 rings (SSSR count). The summed E-state index contributed by atoms with van der Waals surface area (Å²) in [7, 11) is 3.41. The predicted molar refractivity (Wildman–Crippen MR) is 73.3 cm³/mol. The first-order valence-corrected chi connectivity index (χ1v) is 6.70. The molecule has 3 nitrogen and oxygen atoms in total. The van der Waals surface area contributed by atoms with Crippen molar-refractivity contribution in [2.75, 3.05) is 20.8 Å². The van der Waals surface area contributed by atoms with E-state index in [4.69, 9.17) is 15.2 Å². The first kappa shape index (κ1) is 13.2. The smallest absolute Gasteiger partial charge is 0.126 e. The Morgan fingerprint density at radius 1 is 1.22 bits per heavy atom. The van der Waals surface area contributed by atoms with Crippen LogP contribution in [0.25, 0.3) is 0 Å². The number of hydrogen-bond donors (Lipinski definition) is 1. The van der Waals surface area contributed by atoms with Crippen LogP contribution in [0.3, 0.4) is 0 Å². The number of nitrogens with two attached hydrogens (primary N) is 1. The van der Waals surface area contributed by atoms with E-state index in [9.17, 15) is 0 Å². The molecule has 0 radical (unpaired) electrons. The number of hydrogen-bond acceptors (Lipinski definition) is 3. The van der Waals surface area contributed by atoms with E-state index < -0.39 is 0 Å². The van der Waals surface area contributed by atoms with Crippen molar-refractivity contribution in [2.45, 2.75) is 31.6 Å². The average Bonchev–Trinajstić information content (AvgIpc) is 2.87. The fraction of sp³-hybridized carbons (Fsp3) is 0.600. The highest BCUT2D eigenvalue weighted by molar-refractivity contribution is 5.43. The molecule has 100 valence electrons. The maximum Gasteiger partial charge on any atom is 0.126 e. The normalized spacial score (nSPS) is 23.1. The van der Waals surface area contributed by atoms with Gasteiger partial charge in [0.05, 0.1) is 14.2 Å². The summed E-state index contributed by atoms with van der Waals surface area (Å²) in [4.78, 5) is 0. The lowest BCUT2D eigenvalue weighted by Crippen LogP contribution is -2.06. The molecule has 0 bridgehead atoms. The minimum atomic E-state index is 0.613. The molecular weight excluding hydrogens is 226 g/mol. The molecule has 0 heterocycles. The maximum absolute atomic E-state index is 5.65. The van der Waals surface area contributed by atoms with E-state index in [1.807, 2.05) is 12.1 Å². The topological polar surface area (TPSA) is 44.5 Å². The van der Waals surface area contributed by atoms with Crippen molar-refractivity contribution in [3.8, 4) is 11.5 Å². The summed E-state index contributed by atoms with van der Waals surface area (Å²) >= 11 is 0. The molecule has 1 aliphatic rings. The van der Waals surface area contributed by atoms with Crippen LogP contribution in [-0.2, 0) is 0 Å². The lowest BCUT2D eigenvalue weighted by atomic mass is 9.94. The third-order valence-corrected chi connectivity index (χ3v) is 4.00. The fourth-order valence-corrected chi connectivity index (χ4v) is 3.01. The molecule has 1 aromatic rings. The lowest BCUT2D eigenvalue weighted by molar-refractivity contribution is 0.387. The highest BCUT2D eigenvalue weighted by Crippen LogP contribution is 2.43. The Labute approximate surface area is 109 Å². The number of methoxy groups -OCH3 is 2. The Bertz CT molecular complexity index is 392. The van der Waals surface area contributed by atoms with E-state index in [-0.39, 0.29) is 0 Å². The van der Waals surface area contributed by atoms with Crippen molar-refractivity contribution < 1.29 is 9.47 Å². The molecule has 2 N–H and O–H groups in total. The molecular formula is C15H23NO2. The van der Waals surface area contributed by atoms with Gasteiger partial charge in [-0.2, -0.15) is 0 Å². The van der Waals surface area contributed by atoms with E-state index in [1.165, 1.54) is 24.8 Å². The Morgan fingerprint density at radius 3 is 2.72 bits per heavy atom. The van der Waals surface area contributed by atoms with Crippen LogP contribution in [0.5, 0.6) is 11.5 Å². The molecule has 1 aromatic carbocycles. The Kier molecular flexibility index (Phi) is 4.48. The largest absolute Gasteiger partial charge is 0.497 e. The van der Waals surface area contributed by atoms with Crippen molar-refractivity contribution >= 4 is 0 Å². The van der Waals surface area contributed by atoms with Crippen LogP contribution in [-0.4, -0.2) is 20.8 Å².